The van der Waals surface area contributed by atoms with Crippen molar-refractivity contribution in [3.8, 4) is 28.7 Å². The van der Waals surface area contributed by atoms with E-state index in [0.717, 1.165) is 16.9 Å². The second-order valence-corrected chi connectivity index (χ2v) is 8.35. The van der Waals surface area contributed by atoms with Crippen molar-refractivity contribution in [2.75, 3.05) is 20.8 Å². The summed E-state index contributed by atoms with van der Waals surface area (Å²) in [6, 6.07) is 15.9. The highest BCUT2D eigenvalue weighted by molar-refractivity contribution is 5.71. The number of halogens is 1. The first kappa shape index (κ1) is 22.1. The van der Waals surface area contributed by atoms with Crippen molar-refractivity contribution in [3.05, 3.63) is 77.1 Å². The Morgan fingerprint density at radius 1 is 1.03 bits per heavy atom. The predicted molar refractivity (Wildman–Crippen MR) is 122 cm³/mol. The first-order valence-electron chi connectivity index (χ1n) is 11.2. The van der Waals surface area contributed by atoms with Crippen molar-refractivity contribution in [2.45, 2.75) is 31.3 Å². The summed E-state index contributed by atoms with van der Waals surface area (Å²) in [7, 11) is 2.98. The number of benzene rings is 3. The Balaban J connectivity index is 1.34. The third-order valence-corrected chi connectivity index (χ3v) is 6.31. The number of carbonyl (C=O) groups excluding carboxylic acids is 1. The molecule has 3 aromatic rings. The van der Waals surface area contributed by atoms with Crippen molar-refractivity contribution in [1.82, 2.24) is 0 Å². The molecule has 1 aliphatic carbocycles. The molecule has 2 atom stereocenters. The number of ether oxygens (including phenoxy) is 5. The number of fused-ring (bicyclic) bond motifs is 2. The second kappa shape index (κ2) is 9.25. The quantitative estimate of drug-likeness (QED) is 0.416. The van der Waals surface area contributed by atoms with Gasteiger partial charge in [0.1, 0.15) is 40.7 Å². The van der Waals surface area contributed by atoms with Crippen LogP contribution in [0.1, 0.15) is 41.6 Å². The van der Waals surface area contributed by atoms with Crippen LogP contribution in [0.2, 0.25) is 0 Å². The first-order chi connectivity index (χ1) is 16.6. The summed E-state index contributed by atoms with van der Waals surface area (Å²) in [6.07, 6.45) is 1.12. The predicted octanol–water partition coefficient (Wildman–Crippen LogP) is 5.73. The lowest BCUT2D eigenvalue weighted by molar-refractivity contribution is -0.141. The highest BCUT2D eigenvalue weighted by atomic mass is 19.1. The Morgan fingerprint density at radius 3 is 2.56 bits per heavy atom. The van der Waals surface area contributed by atoms with Gasteiger partial charge in [0.15, 0.2) is 0 Å². The van der Waals surface area contributed by atoms with Gasteiger partial charge in [-0.25, -0.2) is 4.39 Å². The SMILES string of the molecule is COC(=O)C[C@H]1COc2cc(OC3CCc4c(Oc5ccc(OC)cc5)ccc(F)c43)ccc21. The molecule has 34 heavy (non-hydrogen) atoms. The topological polar surface area (TPSA) is 63.2 Å². The zero-order chi connectivity index (χ0) is 23.7. The van der Waals surface area contributed by atoms with Crippen LogP contribution >= 0.6 is 0 Å². The molecule has 1 aliphatic heterocycles. The average molecular weight is 464 g/mol. The van der Waals surface area contributed by atoms with Crippen LogP contribution < -0.4 is 18.9 Å². The van der Waals surface area contributed by atoms with Crippen molar-refractivity contribution in [3.63, 3.8) is 0 Å². The van der Waals surface area contributed by atoms with Gasteiger partial charge in [-0.2, -0.15) is 0 Å². The zero-order valence-corrected chi connectivity index (χ0v) is 19.0. The highest BCUT2D eigenvalue weighted by Gasteiger charge is 2.32. The van der Waals surface area contributed by atoms with Gasteiger partial charge in [-0.05, 0) is 55.3 Å². The fourth-order valence-electron chi connectivity index (χ4n) is 4.57. The van der Waals surface area contributed by atoms with E-state index < -0.39 is 6.10 Å². The third kappa shape index (κ3) is 4.25. The molecular weight excluding hydrogens is 439 g/mol. The number of hydrogen-bond acceptors (Lipinski definition) is 6. The highest BCUT2D eigenvalue weighted by Crippen LogP contribution is 2.44. The summed E-state index contributed by atoms with van der Waals surface area (Å²) in [5.41, 5.74) is 2.29. The number of esters is 1. The van der Waals surface area contributed by atoms with Crippen LogP contribution in [0.3, 0.4) is 0 Å². The van der Waals surface area contributed by atoms with Gasteiger partial charge in [-0.3, -0.25) is 4.79 Å². The largest absolute Gasteiger partial charge is 0.497 e. The van der Waals surface area contributed by atoms with Crippen molar-refractivity contribution in [1.29, 1.82) is 0 Å². The Morgan fingerprint density at radius 2 is 1.79 bits per heavy atom. The van der Waals surface area contributed by atoms with E-state index in [4.69, 9.17) is 23.7 Å². The van der Waals surface area contributed by atoms with Crippen molar-refractivity contribution < 1.29 is 32.9 Å². The van der Waals surface area contributed by atoms with Crippen LogP contribution in [-0.2, 0) is 16.0 Å². The van der Waals surface area contributed by atoms with E-state index in [1.807, 2.05) is 36.4 Å². The minimum absolute atomic E-state index is 0.0428. The molecule has 3 aromatic carbocycles. The number of methoxy groups -OCH3 is 2. The number of carbonyl (C=O) groups is 1. The molecule has 0 fully saturated rings. The zero-order valence-electron chi connectivity index (χ0n) is 19.0. The Bertz CT molecular complexity index is 1210. The minimum atomic E-state index is -0.431. The van der Waals surface area contributed by atoms with Gasteiger partial charge in [0, 0.05) is 28.7 Å². The van der Waals surface area contributed by atoms with Crippen LogP contribution in [0.4, 0.5) is 4.39 Å². The molecule has 0 bridgehead atoms. The maximum Gasteiger partial charge on any atom is 0.306 e. The van der Waals surface area contributed by atoms with Crippen LogP contribution in [0.5, 0.6) is 28.7 Å². The van der Waals surface area contributed by atoms with E-state index in [9.17, 15) is 9.18 Å². The number of rotatable bonds is 7. The van der Waals surface area contributed by atoms with E-state index in [-0.39, 0.29) is 24.1 Å². The molecule has 0 amide bonds. The van der Waals surface area contributed by atoms with E-state index in [2.05, 4.69) is 0 Å². The molecule has 0 radical (unpaired) electrons. The van der Waals surface area contributed by atoms with E-state index in [1.165, 1.54) is 13.2 Å². The molecule has 5 rings (SSSR count). The Kier molecular flexibility index (Phi) is 6.01. The van der Waals surface area contributed by atoms with Crippen molar-refractivity contribution in [2.24, 2.45) is 0 Å². The second-order valence-electron chi connectivity index (χ2n) is 8.35. The fraction of sp³-hybridized carbons (Fsp3) is 0.296. The summed E-state index contributed by atoms with van der Waals surface area (Å²) < 4.78 is 42.8. The normalized spacial score (nSPS) is 18.0. The van der Waals surface area contributed by atoms with Crippen molar-refractivity contribution >= 4 is 5.97 Å². The molecule has 1 heterocycles. The molecule has 6 nitrogen and oxygen atoms in total. The summed E-state index contributed by atoms with van der Waals surface area (Å²) in [5.74, 6) is 2.66. The summed E-state index contributed by atoms with van der Waals surface area (Å²) in [5, 5.41) is 0. The Hall–Kier alpha value is -3.74. The van der Waals surface area contributed by atoms with E-state index >= 15 is 0 Å². The van der Waals surface area contributed by atoms with E-state index in [1.54, 1.807) is 19.2 Å². The van der Waals surface area contributed by atoms with Crippen LogP contribution in [0.15, 0.2) is 54.6 Å². The average Bonchev–Trinajstić information content (AvgIpc) is 3.46. The fourth-order valence-corrected chi connectivity index (χ4v) is 4.57. The molecule has 0 saturated heterocycles. The van der Waals surface area contributed by atoms with Gasteiger partial charge in [0.05, 0.1) is 27.2 Å². The lowest BCUT2D eigenvalue weighted by Crippen LogP contribution is -2.09. The van der Waals surface area contributed by atoms with Gasteiger partial charge < -0.3 is 23.7 Å². The van der Waals surface area contributed by atoms with Crippen LogP contribution in [0, 0.1) is 5.82 Å². The smallest absolute Gasteiger partial charge is 0.306 e. The van der Waals surface area contributed by atoms with Crippen LogP contribution in [0.25, 0.3) is 0 Å². The number of hydrogen-bond donors (Lipinski definition) is 0. The molecular formula is C27H25FO6. The first-order valence-corrected chi connectivity index (χ1v) is 11.2. The molecule has 2 aliphatic rings. The standard InChI is InChI=1S/C27H25FO6/c1-30-17-3-5-18(6-4-17)33-23-12-10-22(28)27-21(23)9-11-24(27)34-19-7-8-20-16(13-26(29)31-2)15-32-25(20)14-19/h3-8,10,12,14,16,24H,9,11,13,15H2,1-2H3/t16-,24?/m0/s1. The molecule has 7 heteroatoms. The summed E-state index contributed by atoms with van der Waals surface area (Å²) in [6.45, 7) is 0.417. The maximum atomic E-state index is 14.9. The molecule has 176 valence electrons. The monoisotopic (exact) mass is 464 g/mol. The third-order valence-electron chi connectivity index (χ3n) is 6.31. The van der Waals surface area contributed by atoms with Gasteiger partial charge in [0.25, 0.3) is 0 Å². The lowest BCUT2D eigenvalue weighted by atomic mass is 9.98. The Labute approximate surface area is 197 Å². The molecule has 0 spiro atoms. The summed E-state index contributed by atoms with van der Waals surface area (Å²) >= 11 is 0. The lowest BCUT2D eigenvalue weighted by Gasteiger charge is -2.17. The van der Waals surface area contributed by atoms with Gasteiger partial charge in [-0.15, -0.1) is 0 Å². The molecule has 0 N–H and O–H groups in total. The van der Waals surface area contributed by atoms with E-state index in [0.29, 0.717) is 48.0 Å². The van der Waals surface area contributed by atoms with Gasteiger partial charge in [-0.1, -0.05) is 6.07 Å². The van der Waals surface area contributed by atoms with Gasteiger partial charge in [0.2, 0.25) is 0 Å². The molecule has 0 saturated carbocycles. The minimum Gasteiger partial charge on any atom is -0.497 e. The maximum absolute atomic E-state index is 14.9. The van der Waals surface area contributed by atoms with Gasteiger partial charge >= 0.3 is 5.97 Å². The molecule has 1 unspecified atom stereocenters. The molecule has 0 aromatic heterocycles. The van der Waals surface area contributed by atoms with Crippen LogP contribution in [-0.4, -0.2) is 26.8 Å². The summed E-state index contributed by atoms with van der Waals surface area (Å²) in [4.78, 5) is 11.6.